The van der Waals surface area contributed by atoms with Crippen LogP contribution in [0.1, 0.15) is 18.9 Å². The van der Waals surface area contributed by atoms with Gasteiger partial charge in [0, 0.05) is 10.9 Å². The third-order valence-corrected chi connectivity index (χ3v) is 2.69. The second kappa shape index (κ2) is 5.25. The molecule has 0 amide bonds. The van der Waals surface area contributed by atoms with E-state index in [1.54, 1.807) is 12.1 Å². The molecule has 1 aromatic carbocycles. The Bertz CT molecular complexity index is 339. The highest BCUT2D eigenvalue weighted by atomic mass is 79.9. The van der Waals surface area contributed by atoms with Gasteiger partial charge in [-0.3, -0.25) is 0 Å². The number of benzene rings is 1. The predicted molar refractivity (Wildman–Crippen MR) is 58.4 cm³/mol. The first-order chi connectivity index (χ1) is 6.69. The molecule has 0 spiro atoms. The van der Waals surface area contributed by atoms with Crippen molar-refractivity contribution in [3.05, 3.63) is 41.0 Å². The number of allylic oxidation sites excluding steroid dienone is 1. The van der Waals surface area contributed by atoms with Crippen molar-refractivity contribution in [2.45, 2.75) is 13.3 Å². The second-order valence-corrected chi connectivity index (χ2v) is 3.49. The van der Waals surface area contributed by atoms with Crippen molar-refractivity contribution in [1.82, 2.24) is 0 Å². The van der Waals surface area contributed by atoms with Gasteiger partial charge in [0.2, 0.25) is 0 Å². The van der Waals surface area contributed by atoms with E-state index in [4.69, 9.17) is 0 Å². The molecule has 0 N–H and O–H groups in total. The Kier molecular flexibility index (Phi) is 4.26. The van der Waals surface area contributed by atoms with Gasteiger partial charge in [-0.25, -0.2) is 8.78 Å². The van der Waals surface area contributed by atoms with Gasteiger partial charge in [-0.1, -0.05) is 46.6 Å². The van der Waals surface area contributed by atoms with Gasteiger partial charge in [-0.2, -0.15) is 0 Å². The largest absolute Gasteiger partial charge is 0.204 e. The van der Waals surface area contributed by atoms with Crippen LogP contribution in [0.2, 0.25) is 0 Å². The topological polar surface area (TPSA) is 0 Å². The van der Waals surface area contributed by atoms with Crippen molar-refractivity contribution in [3.63, 3.8) is 0 Å². The minimum absolute atomic E-state index is 0.307. The van der Waals surface area contributed by atoms with Gasteiger partial charge in [0.1, 0.15) is 0 Å². The third kappa shape index (κ3) is 2.64. The highest BCUT2D eigenvalue weighted by molar-refractivity contribution is 9.09. The Labute approximate surface area is 90.8 Å². The number of alkyl halides is 1. The molecule has 0 fully saturated rings. The molecule has 0 unspecified atom stereocenters. The smallest absolute Gasteiger partial charge is 0.166 e. The normalized spacial score (nSPS) is 11.9. The number of halogens is 3. The summed E-state index contributed by atoms with van der Waals surface area (Å²) >= 11 is 3.29. The van der Waals surface area contributed by atoms with Gasteiger partial charge in [0.15, 0.2) is 11.6 Å². The van der Waals surface area contributed by atoms with E-state index in [1.165, 1.54) is 6.07 Å². The summed E-state index contributed by atoms with van der Waals surface area (Å²) < 4.78 is 26.0. The Hall–Kier alpha value is -0.700. The second-order valence-electron chi connectivity index (χ2n) is 2.93. The molecule has 1 rings (SSSR count). The van der Waals surface area contributed by atoms with Crippen molar-refractivity contribution in [2.75, 3.05) is 5.33 Å². The lowest BCUT2D eigenvalue weighted by Gasteiger charge is -2.01. The van der Waals surface area contributed by atoms with Gasteiger partial charge in [-0.15, -0.1) is 0 Å². The molecule has 14 heavy (non-hydrogen) atoms. The van der Waals surface area contributed by atoms with Crippen molar-refractivity contribution in [2.24, 2.45) is 0 Å². The molecular formula is C11H11BrF2. The van der Waals surface area contributed by atoms with Crippen LogP contribution >= 0.6 is 15.9 Å². The zero-order chi connectivity index (χ0) is 10.6. The van der Waals surface area contributed by atoms with Crippen LogP contribution < -0.4 is 0 Å². The number of hydrogen-bond donors (Lipinski definition) is 0. The van der Waals surface area contributed by atoms with Gasteiger partial charge in [0.25, 0.3) is 0 Å². The van der Waals surface area contributed by atoms with Crippen LogP contribution in [0.5, 0.6) is 0 Å². The first-order valence-electron chi connectivity index (χ1n) is 4.38. The van der Waals surface area contributed by atoms with Crippen LogP contribution in [0.3, 0.4) is 0 Å². The molecule has 0 saturated heterocycles. The zero-order valence-corrected chi connectivity index (χ0v) is 9.44. The standard InChI is InChI=1S/C11H11BrF2/c1-2-8(7-12)6-9-4-3-5-10(13)11(9)14/h3-6H,2,7H2,1H3. The predicted octanol–water partition coefficient (Wildman–Crippen LogP) is 4.15. The Morgan fingerprint density at radius 2 is 2.14 bits per heavy atom. The summed E-state index contributed by atoms with van der Waals surface area (Å²) in [4.78, 5) is 0. The fourth-order valence-electron chi connectivity index (χ4n) is 1.09. The molecule has 0 nitrogen and oxygen atoms in total. The average molecular weight is 261 g/mol. The van der Waals surface area contributed by atoms with Gasteiger partial charge in [0.05, 0.1) is 0 Å². The number of hydrogen-bond acceptors (Lipinski definition) is 0. The van der Waals surface area contributed by atoms with Crippen LogP contribution in [0.4, 0.5) is 8.78 Å². The fourth-order valence-corrected chi connectivity index (χ4v) is 1.65. The maximum Gasteiger partial charge on any atom is 0.166 e. The lowest BCUT2D eigenvalue weighted by Crippen LogP contribution is -1.89. The van der Waals surface area contributed by atoms with Crippen molar-refractivity contribution < 1.29 is 8.78 Å². The molecule has 3 heteroatoms. The Morgan fingerprint density at radius 3 is 2.71 bits per heavy atom. The molecule has 1 aromatic rings. The average Bonchev–Trinajstić information content (AvgIpc) is 2.20. The van der Waals surface area contributed by atoms with E-state index < -0.39 is 11.6 Å². The minimum atomic E-state index is -0.802. The molecule has 0 aliphatic rings. The summed E-state index contributed by atoms with van der Waals surface area (Å²) in [6.07, 6.45) is 2.49. The molecule has 0 aromatic heterocycles. The summed E-state index contributed by atoms with van der Waals surface area (Å²) in [7, 11) is 0. The molecule has 0 radical (unpaired) electrons. The molecule has 0 bridgehead atoms. The molecular weight excluding hydrogens is 250 g/mol. The molecule has 0 heterocycles. The molecule has 0 aliphatic heterocycles. The van der Waals surface area contributed by atoms with E-state index in [0.717, 1.165) is 18.1 Å². The van der Waals surface area contributed by atoms with Crippen LogP contribution in [0, 0.1) is 11.6 Å². The molecule has 0 saturated carbocycles. The summed E-state index contributed by atoms with van der Waals surface area (Å²) in [6, 6.07) is 4.19. The highest BCUT2D eigenvalue weighted by Crippen LogP contribution is 2.17. The monoisotopic (exact) mass is 260 g/mol. The van der Waals surface area contributed by atoms with Crippen molar-refractivity contribution in [3.8, 4) is 0 Å². The van der Waals surface area contributed by atoms with E-state index in [2.05, 4.69) is 15.9 Å². The van der Waals surface area contributed by atoms with E-state index in [1.807, 2.05) is 6.92 Å². The molecule has 0 aliphatic carbocycles. The van der Waals surface area contributed by atoms with Crippen molar-refractivity contribution in [1.29, 1.82) is 0 Å². The quantitative estimate of drug-likeness (QED) is 0.717. The van der Waals surface area contributed by atoms with E-state index in [9.17, 15) is 8.78 Å². The van der Waals surface area contributed by atoms with Crippen molar-refractivity contribution >= 4 is 22.0 Å². The lowest BCUT2D eigenvalue weighted by molar-refractivity contribution is 0.507. The van der Waals surface area contributed by atoms with Gasteiger partial charge in [-0.05, 0) is 12.5 Å². The first-order valence-corrected chi connectivity index (χ1v) is 5.50. The van der Waals surface area contributed by atoms with E-state index in [0.29, 0.717) is 10.9 Å². The zero-order valence-electron chi connectivity index (χ0n) is 7.86. The summed E-state index contributed by atoms with van der Waals surface area (Å²) in [5.41, 5.74) is 1.34. The maximum absolute atomic E-state index is 13.2. The van der Waals surface area contributed by atoms with Gasteiger partial charge >= 0.3 is 0 Å². The Balaban J connectivity index is 3.07. The highest BCUT2D eigenvalue weighted by Gasteiger charge is 2.05. The van der Waals surface area contributed by atoms with Gasteiger partial charge < -0.3 is 0 Å². The minimum Gasteiger partial charge on any atom is -0.204 e. The van der Waals surface area contributed by atoms with Crippen LogP contribution in [-0.4, -0.2) is 5.33 Å². The summed E-state index contributed by atoms with van der Waals surface area (Å²) in [6.45, 7) is 1.98. The SMILES string of the molecule is CCC(=Cc1cccc(F)c1F)CBr. The van der Waals surface area contributed by atoms with Crippen LogP contribution in [-0.2, 0) is 0 Å². The third-order valence-electron chi connectivity index (χ3n) is 1.97. The lowest BCUT2D eigenvalue weighted by atomic mass is 10.1. The summed E-state index contributed by atoms with van der Waals surface area (Å²) in [5, 5.41) is 0.680. The van der Waals surface area contributed by atoms with E-state index >= 15 is 0 Å². The molecule has 76 valence electrons. The molecule has 0 atom stereocenters. The van der Waals surface area contributed by atoms with Crippen LogP contribution in [0.25, 0.3) is 6.08 Å². The van der Waals surface area contributed by atoms with Crippen LogP contribution in [0.15, 0.2) is 23.8 Å². The summed E-state index contributed by atoms with van der Waals surface area (Å²) in [5.74, 6) is -1.58. The fraction of sp³-hybridized carbons (Fsp3) is 0.273. The number of rotatable bonds is 3. The Morgan fingerprint density at radius 1 is 1.43 bits per heavy atom. The maximum atomic E-state index is 13.2. The first kappa shape index (κ1) is 11.4. The van der Waals surface area contributed by atoms with E-state index in [-0.39, 0.29) is 0 Å².